The summed E-state index contributed by atoms with van der Waals surface area (Å²) in [5.41, 5.74) is 3.08. The van der Waals surface area contributed by atoms with Crippen LogP contribution in [0.2, 0.25) is 0 Å². The van der Waals surface area contributed by atoms with Crippen molar-refractivity contribution in [1.29, 1.82) is 0 Å². The summed E-state index contributed by atoms with van der Waals surface area (Å²) < 4.78 is 27.2. The minimum absolute atomic E-state index is 0.0406. The van der Waals surface area contributed by atoms with E-state index in [1.54, 1.807) is 31.3 Å². The first-order valence-corrected chi connectivity index (χ1v) is 12.8. The van der Waals surface area contributed by atoms with Gasteiger partial charge in [0.05, 0.1) is 18.1 Å². The van der Waals surface area contributed by atoms with Gasteiger partial charge in [0, 0.05) is 17.7 Å². The van der Waals surface area contributed by atoms with Gasteiger partial charge in [-0.3, -0.25) is 0 Å². The predicted octanol–water partition coefficient (Wildman–Crippen LogP) is 3.31. The lowest BCUT2D eigenvalue weighted by Gasteiger charge is -2.29. The van der Waals surface area contributed by atoms with Gasteiger partial charge >= 0.3 is 0 Å². The summed E-state index contributed by atoms with van der Waals surface area (Å²) in [6, 6.07) is 16.8. The van der Waals surface area contributed by atoms with E-state index in [4.69, 9.17) is 0 Å². The molecule has 2 aromatic carbocycles. The molecule has 3 aromatic rings. The van der Waals surface area contributed by atoms with Crippen molar-refractivity contribution in [3.63, 3.8) is 0 Å². The molecule has 1 aliphatic carbocycles. The maximum Gasteiger partial charge on any atom is 0.211 e. The smallest absolute Gasteiger partial charge is 0.211 e. The average molecular weight is 468 g/mol. The van der Waals surface area contributed by atoms with Crippen LogP contribution in [0.25, 0.3) is 11.1 Å². The molecular formula is C25H29N3O4S. The van der Waals surface area contributed by atoms with E-state index in [-0.39, 0.29) is 24.2 Å². The number of aromatic hydroxyl groups is 1. The molecule has 8 heteroatoms. The van der Waals surface area contributed by atoms with Gasteiger partial charge in [-0.1, -0.05) is 36.4 Å². The molecule has 0 unspecified atom stereocenters. The molecule has 1 aliphatic rings. The third-order valence-corrected chi connectivity index (χ3v) is 7.79. The highest BCUT2D eigenvalue weighted by molar-refractivity contribution is 7.89. The molecule has 1 heterocycles. The molecule has 174 valence electrons. The minimum atomic E-state index is -3.32. The standard InChI is InChI=1S/C25H29N3O4S/c1-2-33(31,32)28-21-9-11-25(16-21,24-26-12-10-22(17-29)27-24)15-18-5-3-6-19(13-18)20-7-4-8-23(30)14-20/h3-8,10,12-14,21,28-30H,2,9,11,15-17H2,1H3/t21-,25+/m0/s1. The van der Waals surface area contributed by atoms with Crippen molar-refractivity contribution in [1.82, 2.24) is 14.7 Å². The number of benzene rings is 2. The van der Waals surface area contributed by atoms with Crippen molar-refractivity contribution >= 4 is 10.0 Å². The van der Waals surface area contributed by atoms with E-state index in [1.165, 1.54) is 0 Å². The normalized spacial score (nSPS) is 20.7. The van der Waals surface area contributed by atoms with Crippen LogP contribution >= 0.6 is 0 Å². The van der Waals surface area contributed by atoms with Crippen LogP contribution in [-0.4, -0.2) is 40.4 Å². The number of hydrogen-bond acceptors (Lipinski definition) is 6. The molecule has 3 N–H and O–H groups in total. The molecule has 0 bridgehead atoms. The summed E-state index contributed by atoms with van der Waals surface area (Å²) in [6.45, 7) is 1.45. The van der Waals surface area contributed by atoms with Crippen molar-refractivity contribution < 1.29 is 18.6 Å². The van der Waals surface area contributed by atoms with Gasteiger partial charge in [-0.15, -0.1) is 0 Å². The first-order chi connectivity index (χ1) is 15.8. The fourth-order valence-corrected chi connectivity index (χ4v) is 5.56. The number of rotatable bonds is 8. The van der Waals surface area contributed by atoms with Crippen LogP contribution in [0.3, 0.4) is 0 Å². The van der Waals surface area contributed by atoms with E-state index in [0.717, 1.165) is 23.1 Å². The lowest BCUT2D eigenvalue weighted by Crippen LogP contribution is -2.37. The summed E-state index contributed by atoms with van der Waals surface area (Å²) in [7, 11) is -3.32. The quantitative estimate of drug-likeness (QED) is 0.469. The fourth-order valence-electron chi connectivity index (χ4n) is 4.68. The molecule has 0 amide bonds. The Balaban J connectivity index is 1.68. The number of nitrogens with one attached hydrogen (secondary N) is 1. The van der Waals surface area contributed by atoms with Crippen LogP contribution in [0.1, 0.15) is 43.3 Å². The number of phenols is 1. The molecule has 2 atom stereocenters. The molecular weight excluding hydrogens is 438 g/mol. The Bertz CT molecular complexity index is 1230. The number of sulfonamides is 1. The third kappa shape index (κ3) is 5.40. The number of phenolic OH excluding ortho intramolecular Hbond substituents is 1. The first kappa shape index (κ1) is 23.4. The van der Waals surface area contributed by atoms with E-state index < -0.39 is 15.4 Å². The predicted molar refractivity (Wildman–Crippen MR) is 127 cm³/mol. The van der Waals surface area contributed by atoms with Crippen LogP contribution < -0.4 is 4.72 Å². The number of hydrogen-bond donors (Lipinski definition) is 3. The highest BCUT2D eigenvalue weighted by Crippen LogP contribution is 2.43. The van der Waals surface area contributed by atoms with Gasteiger partial charge in [0.2, 0.25) is 10.0 Å². The fraction of sp³-hybridized carbons (Fsp3) is 0.360. The van der Waals surface area contributed by atoms with E-state index in [9.17, 15) is 18.6 Å². The van der Waals surface area contributed by atoms with Gasteiger partial charge in [0.1, 0.15) is 11.6 Å². The molecule has 0 spiro atoms. The van der Waals surface area contributed by atoms with Crippen molar-refractivity contribution in [2.75, 3.05) is 5.75 Å². The molecule has 7 nitrogen and oxygen atoms in total. The van der Waals surface area contributed by atoms with Gasteiger partial charge in [-0.2, -0.15) is 0 Å². The first-order valence-electron chi connectivity index (χ1n) is 11.1. The van der Waals surface area contributed by atoms with Crippen LogP contribution in [0.15, 0.2) is 60.8 Å². The molecule has 0 saturated heterocycles. The Morgan fingerprint density at radius 2 is 1.88 bits per heavy atom. The van der Waals surface area contributed by atoms with Crippen LogP contribution in [0, 0.1) is 0 Å². The zero-order valence-corrected chi connectivity index (χ0v) is 19.4. The second-order valence-electron chi connectivity index (χ2n) is 8.70. The topological polar surface area (TPSA) is 112 Å². The monoisotopic (exact) mass is 467 g/mol. The van der Waals surface area contributed by atoms with E-state index in [1.807, 2.05) is 30.3 Å². The highest BCUT2D eigenvalue weighted by Gasteiger charge is 2.44. The van der Waals surface area contributed by atoms with Crippen LogP contribution in [0.4, 0.5) is 0 Å². The van der Waals surface area contributed by atoms with Crippen molar-refractivity contribution in [2.24, 2.45) is 0 Å². The number of aliphatic hydroxyl groups is 1. The second kappa shape index (κ2) is 9.59. The Morgan fingerprint density at radius 1 is 1.12 bits per heavy atom. The van der Waals surface area contributed by atoms with Crippen LogP contribution in [-0.2, 0) is 28.5 Å². The SMILES string of the molecule is CCS(=O)(=O)N[C@H]1CC[C@](Cc2cccc(-c3cccc(O)c3)c2)(c2nccc(CO)n2)C1. The summed E-state index contributed by atoms with van der Waals surface area (Å²) in [4.78, 5) is 9.16. The molecule has 1 aromatic heterocycles. The largest absolute Gasteiger partial charge is 0.508 e. The summed E-state index contributed by atoms with van der Waals surface area (Å²) in [6.07, 6.45) is 4.30. The van der Waals surface area contributed by atoms with Gasteiger partial charge in [-0.05, 0) is 67.5 Å². The highest BCUT2D eigenvalue weighted by atomic mass is 32.2. The summed E-state index contributed by atoms with van der Waals surface area (Å²) in [5, 5.41) is 19.5. The molecule has 1 saturated carbocycles. The zero-order valence-electron chi connectivity index (χ0n) is 18.6. The van der Waals surface area contributed by atoms with Gasteiger partial charge in [0.25, 0.3) is 0 Å². The Labute approximate surface area is 194 Å². The van der Waals surface area contributed by atoms with Gasteiger partial charge in [0.15, 0.2) is 0 Å². The maximum atomic E-state index is 12.2. The van der Waals surface area contributed by atoms with Gasteiger partial charge < -0.3 is 10.2 Å². The Hall–Kier alpha value is -2.81. The lowest BCUT2D eigenvalue weighted by atomic mass is 9.78. The van der Waals surface area contributed by atoms with Gasteiger partial charge in [-0.25, -0.2) is 23.1 Å². The van der Waals surface area contributed by atoms with E-state index >= 15 is 0 Å². The van der Waals surface area contributed by atoms with Crippen molar-refractivity contribution in [2.45, 2.75) is 50.7 Å². The number of aromatic nitrogens is 2. The maximum absolute atomic E-state index is 12.2. The molecule has 33 heavy (non-hydrogen) atoms. The van der Waals surface area contributed by atoms with E-state index in [2.05, 4.69) is 20.8 Å². The Kier molecular flexibility index (Phi) is 6.78. The molecule has 1 fully saturated rings. The average Bonchev–Trinajstić information content (AvgIpc) is 3.22. The number of aliphatic hydroxyl groups excluding tert-OH is 1. The van der Waals surface area contributed by atoms with Crippen LogP contribution in [0.5, 0.6) is 5.75 Å². The lowest BCUT2D eigenvalue weighted by molar-refractivity contribution is 0.274. The summed E-state index contributed by atoms with van der Waals surface area (Å²) >= 11 is 0. The minimum Gasteiger partial charge on any atom is -0.508 e. The molecule has 0 radical (unpaired) electrons. The second-order valence-corrected chi connectivity index (χ2v) is 10.7. The third-order valence-electron chi connectivity index (χ3n) is 6.33. The van der Waals surface area contributed by atoms with Crippen molar-refractivity contribution in [3.05, 3.63) is 77.9 Å². The van der Waals surface area contributed by atoms with E-state index in [0.29, 0.717) is 30.8 Å². The molecule has 0 aliphatic heterocycles. The Morgan fingerprint density at radius 3 is 2.61 bits per heavy atom. The molecule has 4 rings (SSSR count). The summed E-state index contributed by atoms with van der Waals surface area (Å²) in [5.74, 6) is 0.888. The zero-order chi connectivity index (χ0) is 23.5. The number of nitrogens with zero attached hydrogens (tertiary/aromatic N) is 2. The van der Waals surface area contributed by atoms with Crippen molar-refractivity contribution in [3.8, 4) is 16.9 Å².